The molecule has 142 valence electrons. The van der Waals surface area contributed by atoms with Crippen molar-refractivity contribution in [1.82, 2.24) is 4.90 Å². The van der Waals surface area contributed by atoms with Gasteiger partial charge in [0.1, 0.15) is 11.5 Å². The zero-order valence-electron chi connectivity index (χ0n) is 15.9. The van der Waals surface area contributed by atoms with Crippen LogP contribution >= 0.6 is 0 Å². The molecule has 0 saturated heterocycles. The smallest absolute Gasteiger partial charge is 0.253 e. The molecule has 27 heavy (non-hydrogen) atoms. The lowest BCUT2D eigenvalue weighted by molar-refractivity contribution is -0.115. The number of nitrogens with zero attached hydrogens (tertiary/aromatic N) is 2. The quantitative estimate of drug-likeness (QED) is 0.876. The van der Waals surface area contributed by atoms with Crippen LogP contribution in [0.1, 0.15) is 15.9 Å². The van der Waals surface area contributed by atoms with E-state index in [1.807, 2.05) is 30.1 Å². The summed E-state index contributed by atoms with van der Waals surface area (Å²) in [5, 5.41) is 2.82. The Morgan fingerprint density at radius 2 is 1.96 bits per heavy atom. The molecule has 2 amide bonds. The summed E-state index contributed by atoms with van der Waals surface area (Å²) in [6, 6.07) is 10.8. The summed E-state index contributed by atoms with van der Waals surface area (Å²) < 4.78 is 10.6. The van der Waals surface area contributed by atoms with Crippen molar-refractivity contribution in [2.24, 2.45) is 0 Å². The molecule has 1 aliphatic heterocycles. The normalized spacial score (nSPS) is 12.9. The van der Waals surface area contributed by atoms with E-state index < -0.39 is 0 Å². The number of benzene rings is 2. The van der Waals surface area contributed by atoms with Gasteiger partial charge in [0.05, 0.1) is 32.1 Å². The Labute approximate surface area is 158 Å². The molecule has 0 aliphatic carbocycles. The summed E-state index contributed by atoms with van der Waals surface area (Å²) in [5.74, 6) is 1.12. The van der Waals surface area contributed by atoms with Crippen LogP contribution in [-0.4, -0.2) is 51.6 Å². The number of amides is 2. The Hall–Kier alpha value is -3.22. The number of likely N-dealkylation sites (N-methyl/N-ethyl adjacent to an activating group) is 1. The Kier molecular flexibility index (Phi) is 5.21. The number of anilines is 2. The monoisotopic (exact) mass is 369 g/mol. The fraction of sp³-hybridized carbons (Fsp3) is 0.300. The van der Waals surface area contributed by atoms with Crippen LogP contribution in [0.4, 0.5) is 11.4 Å². The summed E-state index contributed by atoms with van der Waals surface area (Å²) in [6.45, 7) is 0.687. The average molecular weight is 369 g/mol. The van der Waals surface area contributed by atoms with E-state index in [0.717, 1.165) is 11.3 Å². The average Bonchev–Trinajstić information content (AvgIpc) is 2.66. The lowest BCUT2D eigenvalue weighted by atomic mass is 10.1. The molecule has 0 atom stereocenters. The van der Waals surface area contributed by atoms with Crippen molar-refractivity contribution in [3.63, 3.8) is 0 Å². The van der Waals surface area contributed by atoms with Gasteiger partial charge >= 0.3 is 0 Å². The van der Waals surface area contributed by atoms with E-state index in [9.17, 15) is 9.59 Å². The molecule has 1 N–H and O–H groups in total. The number of carbonyl (C=O) groups excluding carboxylic acids is 2. The van der Waals surface area contributed by atoms with Crippen LogP contribution in [0.3, 0.4) is 0 Å². The first-order valence-corrected chi connectivity index (χ1v) is 8.54. The zero-order valence-corrected chi connectivity index (χ0v) is 15.9. The maximum absolute atomic E-state index is 12.9. The van der Waals surface area contributed by atoms with Crippen LogP contribution < -0.4 is 19.7 Å². The van der Waals surface area contributed by atoms with Gasteiger partial charge < -0.3 is 24.6 Å². The molecule has 0 spiro atoms. The van der Waals surface area contributed by atoms with Crippen molar-refractivity contribution in [2.75, 3.05) is 45.1 Å². The SMILES string of the molecule is COc1ccc(CN(C)C(=O)c2ccc3c(c2)NC(=O)CN3C)c(OC)c1. The second-order valence-electron chi connectivity index (χ2n) is 6.48. The van der Waals surface area contributed by atoms with E-state index in [2.05, 4.69) is 5.32 Å². The number of carbonyl (C=O) groups is 2. The minimum Gasteiger partial charge on any atom is -0.497 e. The van der Waals surface area contributed by atoms with Gasteiger partial charge in [-0.25, -0.2) is 0 Å². The number of hydrogen-bond donors (Lipinski definition) is 1. The minimum atomic E-state index is -0.141. The number of methoxy groups -OCH3 is 2. The van der Waals surface area contributed by atoms with Gasteiger partial charge in [-0.05, 0) is 30.3 Å². The van der Waals surface area contributed by atoms with Gasteiger partial charge in [0.2, 0.25) is 5.91 Å². The van der Waals surface area contributed by atoms with Crippen LogP contribution in [0.2, 0.25) is 0 Å². The van der Waals surface area contributed by atoms with Gasteiger partial charge in [-0.1, -0.05) is 0 Å². The van der Waals surface area contributed by atoms with Gasteiger partial charge in [-0.2, -0.15) is 0 Å². The molecule has 7 heteroatoms. The summed E-state index contributed by atoms with van der Waals surface area (Å²) >= 11 is 0. The Bertz CT molecular complexity index is 882. The van der Waals surface area contributed by atoms with Crippen molar-refractivity contribution >= 4 is 23.2 Å². The highest BCUT2D eigenvalue weighted by Gasteiger charge is 2.22. The Morgan fingerprint density at radius 1 is 1.19 bits per heavy atom. The first-order chi connectivity index (χ1) is 12.9. The molecule has 0 unspecified atom stereocenters. The van der Waals surface area contributed by atoms with Crippen LogP contribution in [0.25, 0.3) is 0 Å². The highest BCUT2D eigenvalue weighted by Crippen LogP contribution is 2.30. The summed E-state index contributed by atoms with van der Waals surface area (Å²) in [5.41, 5.74) is 2.93. The van der Waals surface area contributed by atoms with Crippen LogP contribution in [0, 0.1) is 0 Å². The maximum Gasteiger partial charge on any atom is 0.253 e. The number of nitrogens with one attached hydrogen (secondary N) is 1. The van der Waals surface area contributed by atoms with E-state index >= 15 is 0 Å². The predicted octanol–water partition coefficient (Wildman–Crippen LogP) is 2.36. The van der Waals surface area contributed by atoms with Gasteiger partial charge in [0, 0.05) is 37.8 Å². The van der Waals surface area contributed by atoms with E-state index in [1.54, 1.807) is 44.4 Å². The Morgan fingerprint density at radius 3 is 2.67 bits per heavy atom. The molecule has 2 aromatic carbocycles. The molecule has 2 aromatic rings. The van der Waals surface area contributed by atoms with Gasteiger partial charge in [-0.3, -0.25) is 9.59 Å². The molecule has 0 bridgehead atoms. The lowest BCUT2D eigenvalue weighted by Crippen LogP contribution is -2.35. The van der Waals surface area contributed by atoms with Crippen LogP contribution in [0.15, 0.2) is 36.4 Å². The van der Waals surface area contributed by atoms with Crippen LogP contribution in [-0.2, 0) is 11.3 Å². The second kappa shape index (κ2) is 7.57. The van der Waals surface area contributed by atoms with Gasteiger partial charge in [-0.15, -0.1) is 0 Å². The molecule has 0 fully saturated rings. The van der Waals surface area contributed by atoms with E-state index in [1.165, 1.54) is 0 Å². The van der Waals surface area contributed by atoms with Crippen molar-refractivity contribution in [2.45, 2.75) is 6.54 Å². The largest absolute Gasteiger partial charge is 0.497 e. The van der Waals surface area contributed by atoms with Crippen LogP contribution in [0.5, 0.6) is 11.5 Å². The number of rotatable bonds is 5. The molecular weight excluding hydrogens is 346 g/mol. The highest BCUT2D eigenvalue weighted by molar-refractivity contribution is 6.03. The van der Waals surface area contributed by atoms with E-state index in [0.29, 0.717) is 35.8 Å². The van der Waals surface area contributed by atoms with Crippen molar-refractivity contribution < 1.29 is 19.1 Å². The first kappa shape index (κ1) is 18.6. The molecule has 0 aromatic heterocycles. The van der Waals surface area contributed by atoms with Gasteiger partial charge in [0.25, 0.3) is 5.91 Å². The lowest BCUT2D eigenvalue weighted by Gasteiger charge is -2.28. The highest BCUT2D eigenvalue weighted by atomic mass is 16.5. The summed E-state index contributed by atoms with van der Waals surface area (Å²) in [6.07, 6.45) is 0. The molecule has 7 nitrogen and oxygen atoms in total. The van der Waals surface area contributed by atoms with E-state index in [-0.39, 0.29) is 11.8 Å². The standard InChI is InChI=1S/C20H23N3O4/c1-22-12-19(24)21-16-9-13(6-8-17(16)22)20(25)23(2)11-14-5-7-15(26-3)10-18(14)27-4/h5-10H,11-12H2,1-4H3,(H,21,24). The third kappa shape index (κ3) is 3.81. The van der Waals surface area contributed by atoms with Crippen molar-refractivity contribution in [1.29, 1.82) is 0 Å². The molecule has 3 rings (SSSR count). The number of fused-ring (bicyclic) bond motifs is 1. The second-order valence-corrected chi connectivity index (χ2v) is 6.48. The first-order valence-electron chi connectivity index (χ1n) is 8.54. The molecule has 0 radical (unpaired) electrons. The predicted molar refractivity (Wildman–Crippen MR) is 104 cm³/mol. The molecule has 1 aliphatic rings. The number of ether oxygens (including phenoxy) is 2. The fourth-order valence-corrected chi connectivity index (χ4v) is 3.12. The minimum absolute atomic E-state index is 0.0917. The Balaban J connectivity index is 1.80. The summed E-state index contributed by atoms with van der Waals surface area (Å²) in [7, 11) is 6.76. The van der Waals surface area contributed by atoms with E-state index in [4.69, 9.17) is 9.47 Å². The number of hydrogen-bond acceptors (Lipinski definition) is 5. The maximum atomic E-state index is 12.9. The molecular formula is C20H23N3O4. The zero-order chi connectivity index (χ0) is 19.6. The van der Waals surface area contributed by atoms with Crippen molar-refractivity contribution in [3.05, 3.63) is 47.5 Å². The summed E-state index contributed by atoms with van der Waals surface area (Å²) in [4.78, 5) is 28.1. The topological polar surface area (TPSA) is 71.1 Å². The molecule has 0 saturated carbocycles. The third-order valence-corrected chi connectivity index (χ3v) is 4.56. The molecule has 1 heterocycles. The van der Waals surface area contributed by atoms with Crippen molar-refractivity contribution in [3.8, 4) is 11.5 Å². The third-order valence-electron chi connectivity index (χ3n) is 4.56. The fourth-order valence-electron chi connectivity index (χ4n) is 3.12. The van der Waals surface area contributed by atoms with Gasteiger partial charge in [0.15, 0.2) is 0 Å².